The van der Waals surface area contributed by atoms with Gasteiger partial charge in [-0.1, -0.05) is 24.3 Å². The molecule has 0 saturated carbocycles. The zero-order valence-corrected chi connectivity index (χ0v) is 16.6. The lowest BCUT2D eigenvalue weighted by Crippen LogP contribution is -2.56. The van der Waals surface area contributed by atoms with Crippen LogP contribution >= 0.6 is 0 Å². The molecule has 1 heterocycles. The second kappa shape index (κ2) is 8.88. The Labute approximate surface area is 160 Å². The summed E-state index contributed by atoms with van der Waals surface area (Å²) in [7, 11) is 0. The van der Waals surface area contributed by atoms with E-state index in [4.69, 9.17) is 4.74 Å². The number of piperazine rings is 1. The predicted octanol–water partition coefficient (Wildman–Crippen LogP) is 1.94. The molecule has 0 aromatic heterocycles. The van der Waals surface area contributed by atoms with E-state index in [9.17, 15) is 14.4 Å². The van der Waals surface area contributed by atoms with Crippen molar-refractivity contribution in [2.45, 2.75) is 34.2 Å². The first-order valence-electron chi connectivity index (χ1n) is 9.31. The fraction of sp³-hybridized carbons (Fsp3) is 0.550. The van der Waals surface area contributed by atoms with Crippen LogP contribution in [0.1, 0.15) is 31.9 Å². The van der Waals surface area contributed by atoms with Gasteiger partial charge in [-0.05, 0) is 38.8 Å². The molecule has 1 fully saturated rings. The molecule has 0 atom stereocenters. The van der Waals surface area contributed by atoms with E-state index in [1.807, 2.05) is 31.2 Å². The maximum absolute atomic E-state index is 12.9. The molecule has 27 heavy (non-hydrogen) atoms. The minimum atomic E-state index is -1.17. The highest BCUT2D eigenvalue weighted by atomic mass is 16.6. The zero-order chi connectivity index (χ0) is 20.0. The van der Waals surface area contributed by atoms with Gasteiger partial charge in [-0.25, -0.2) is 4.79 Å². The first-order valence-corrected chi connectivity index (χ1v) is 9.31. The maximum atomic E-state index is 12.9. The number of benzene rings is 1. The predicted molar refractivity (Wildman–Crippen MR) is 102 cm³/mol. The van der Waals surface area contributed by atoms with Gasteiger partial charge in [-0.2, -0.15) is 0 Å². The van der Waals surface area contributed by atoms with Crippen molar-refractivity contribution in [3.05, 3.63) is 35.4 Å². The number of nitrogens with zero attached hydrogens (tertiary/aromatic N) is 2. The van der Waals surface area contributed by atoms with Crippen molar-refractivity contribution >= 4 is 17.9 Å². The molecule has 1 aromatic carbocycles. The van der Waals surface area contributed by atoms with Crippen molar-refractivity contribution in [2.24, 2.45) is 5.41 Å². The zero-order valence-electron chi connectivity index (χ0n) is 16.6. The molecule has 148 valence electrons. The number of aryl methyl sites for hydroxylation is 1. The fourth-order valence-corrected chi connectivity index (χ4v) is 3.00. The van der Waals surface area contributed by atoms with Crippen molar-refractivity contribution in [2.75, 3.05) is 32.8 Å². The summed E-state index contributed by atoms with van der Waals surface area (Å²) in [6.45, 7) is 9.34. The quantitative estimate of drug-likeness (QED) is 0.798. The SMILES string of the molecule is CCOC(=O)N1CCN(C(=O)C(C)(C)C(=O)NCc2ccccc2C)CC1. The first-order chi connectivity index (χ1) is 12.8. The van der Waals surface area contributed by atoms with Crippen LogP contribution in [0.25, 0.3) is 0 Å². The summed E-state index contributed by atoms with van der Waals surface area (Å²) in [6.07, 6.45) is -0.361. The Balaban J connectivity index is 1.91. The van der Waals surface area contributed by atoms with E-state index in [0.29, 0.717) is 39.3 Å². The van der Waals surface area contributed by atoms with E-state index in [1.165, 1.54) is 0 Å². The molecular weight excluding hydrogens is 346 g/mol. The normalized spacial score (nSPS) is 14.7. The number of carbonyl (C=O) groups is 3. The monoisotopic (exact) mass is 375 g/mol. The minimum Gasteiger partial charge on any atom is -0.450 e. The van der Waals surface area contributed by atoms with Gasteiger partial charge in [0.15, 0.2) is 0 Å². The third-order valence-electron chi connectivity index (χ3n) is 4.90. The number of hydrogen-bond acceptors (Lipinski definition) is 4. The molecule has 7 heteroatoms. The lowest BCUT2D eigenvalue weighted by Gasteiger charge is -2.37. The highest BCUT2D eigenvalue weighted by molar-refractivity contribution is 6.04. The van der Waals surface area contributed by atoms with E-state index in [0.717, 1.165) is 11.1 Å². The van der Waals surface area contributed by atoms with Crippen LogP contribution in [0.15, 0.2) is 24.3 Å². The molecule has 0 radical (unpaired) electrons. The van der Waals surface area contributed by atoms with Gasteiger partial charge in [-0.3, -0.25) is 9.59 Å². The smallest absolute Gasteiger partial charge is 0.409 e. The molecule has 7 nitrogen and oxygen atoms in total. The molecule has 1 N–H and O–H groups in total. The average Bonchev–Trinajstić information content (AvgIpc) is 2.66. The van der Waals surface area contributed by atoms with Crippen molar-refractivity contribution in [1.29, 1.82) is 0 Å². The van der Waals surface area contributed by atoms with Crippen LogP contribution in [0.2, 0.25) is 0 Å². The third kappa shape index (κ3) is 4.99. The summed E-state index contributed by atoms with van der Waals surface area (Å²) < 4.78 is 4.99. The van der Waals surface area contributed by atoms with Gasteiger partial charge >= 0.3 is 6.09 Å². The second-order valence-electron chi connectivity index (χ2n) is 7.21. The van der Waals surface area contributed by atoms with Gasteiger partial charge in [0.05, 0.1) is 6.61 Å². The summed E-state index contributed by atoms with van der Waals surface area (Å²) in [5.41, 5.74) is 0.948. The van der Waals surface area contributed by atoms with Gasteiger partial charge in [0.1, 0.15) is 5.41 Å². The van der Waals surface area contributed by atoms with E-state index >= 15 is 0 Å². The molecule has 0 unspecified atom stereocenters. The molecule has 1 aromatic rings. The van der Waals surface area contributed by atoms with Crippen LogP contribution < -0.4 is 5.32 Å². The van der Waals surface area contributed by atoms with Crippen LogP contribution in [0, 0.1) is 12.3 Å². The van der Waals surface area contributed by atoms with Crippen molar-refractivity contribution < 1.29 is 19.1 Å². The largest absolute Gasteiger partial charge is 0.450 e. The molecule has 0 bridgehead atoms. The van der Waals surface area contributed by atoms with Gasteiger partial charge in [0.25, 0.3) is 0 Å². The highest BCUT2D eigenvalue weighted by Crippen LogP contribution is 2.21. The second-order valence-corrected chi connectivity index (χ2v) is 7.21. The fourth-order valence-electron chi connectivity index (χ4n) is 3.00. The summed E-state index contributed by atoms with van der Waals surface area (Å²) >= 11 is 0. The van der Waals surface area contributed by atoms with Crippen LogP contribution in [0.4, 0.5) is 4.79 Å². The van der Waals surface area contributed by atoms with Gasteiger partial charge < -0.3 is 19.9 Å². The van der Waals surface area contributed by atoms with Crippen molar-refractivity contribution in [3.8, 4) is 0 Å². The molecule has 0 spiro atoms. The van der Waals surface area contributed by atoms with E-state index in [-0.39, 0.29) is 17.9 Å². The van der Waals surface area contributed by atoms with Gasteiger partial charge in [-0.15, -0.1) is 0 Å². The minimum absolute atomic E-state index is 0.228. The van der Waals surface area contributed by atoms with Crippen LogP contribution in [-0.2, 0) is 20.9 Å². The van der Waals surface area contributed by atoms with Crippen molar-refractivity contribution in [3.63, 3.8) is 0 Å². The van der Waals surface area contributed by atoms with Crippen LogP contribution in [0.3, 0.4) is 0 Å². The number of nitrogens with one attached hydrogen (secondary N) is 1. The lowest BCUT2D eigenvalue weighted by atomic mass is 9.89. The lowest BCUT2D eigenvalue weighted by molar-refractivity contribution is -0.149. The van der Waals surface area contributed by atoms with Gasteiger partial charge in [0, 0.05) is 32.7 Å². The number of ether oxygens (including phenoxy) is 1. The van der Waals surface area contributed by atoms with Crippen LogP contribution in [0.5, 0.6) is 0 Å². The van der Waals surface area contributed by atoms with E-state index in [1.54, 1.807) is 30.6 Å². The Hall–Kier alpha value is -2.57. The number of carbonyl (C=O) groups excluding carboxylic acids is 3. The highest BCUT2D eigenvalue weighted by Gasteiger charge is 2.40. The molecule has 1 saturated heterocycles. The summed E-state index contributed by atoms with van der Waals surface area (Å²) in [5, 5.41) is 2.87. The van der Waals surface area contributed by atoms with E-state index in [2.05, 4.69) is 5.32 Å². The Bertz CT molecular complexity index is 694. The third-order valence-corrected chi connectivity index (χ3v) is 4.90. The number of amides is 3. The molecule has 3 amide bonds. The van der Waals surface area contributed by atoms with Crippen LogP contribution in [-0.4, -0.2) is 60.5 Å². The standard InChI is InChI=1S/C20H29N3O4/c1-5-27-19(26)23-12-10-22(11-13-23)18(25)20(3,4)17(24)21-14-16-9-7-6-8-15(16)2/h6-9H,5,10-14H2,1-4H3,(H,21,24). The van der Waals surface area contributed by atoms with Gasteiger partial charge in [0.2, 0.25) is 11.8 Å². The topological polar surface area (TPSA) is 79.0 Å². The molecule has 2 rings (SSSR count). The van der Waals surface area contributed by atoms with Crippen molar-refractivity contribution in [1.82, 2.24) is 15.1 Å². The summed E-state index contributed by atoms with van der Waals surface area (Å²) in [5.74, 6) is -0.531. The Kier molecular flexibility index (Phi) is 6.82. The van der Waals surface area contributed by atoms with E-state index < -0.39 is 5.41 Å². The first kappa shape index (κ1) is 20.7. The molecular formula is C20H29N3O4. The molecule has 1 aliphatic heterocycles. The Morgan fingerprint density at radius 3 is 2.26 bits per heavy atom. The summed E-state index contributed by atoms with van der Waals surface area (Å²) in [4.78, 5) is 40.5. The Morgan fingerprint density at radius 1 is 1.07 bits per heavy atom. The Morgan fingerprint density at radius 2 is 1.67 bits per heavy atom. The molecule has 1 aliphatic rings. The number of hydrogen-bond donors (Lipinski definition) is 1. The maximum Gasteiger partial charge on any atom is 0.409 e. The average molecular weight is 375 g/mol. The number of rotatable bonds is 5. The summed E-state index contributed by atoms with van der Waals surface area (Å²) in [6, 6.07) is 7.82. The molecule has 0 aliphatic carbocycles.